The fourth-order valence-corrected chi connectivity index (χ4v) is 3.49. The van der Waals surface area contributed by atoms with Crippen LogP contribution in [-0.4, -0.2) is 65.8 Å². The molecule has 0 bridgehead atoms. The lowest BCUT2D eigenvalue weighted by atomic mass is 10.1. The first-order chi connectivity index (χ1) is 15.4. The zero-order chi connectivity index (χ0) is 23.1. The van der Waals surface area contributed by atoms with Crippen molar-refractivity contribution >= 4 is 29.1 Å². The smallest absolute Gasteiger partial charge is 0.313 e. The summed E-state index contributed by atoms with van der Waals surface area (Å²) in [5.41, 5.74) is 0.260. The van der Waals surface area contributed by atoms with Crippen LogP contribution in [0.3, 0.4) is 0 Å². The van der Waals surface area contributed by atoms with Crippen LogP contribution in [0, 0.1) is 10.1 Å². The molecule has 1 aliphatic heterocycles. The fraction of sp³-hybridized carbons (Fsp3) is 0.364. The Morgan fingerprint density at radius 3 is 2.44 bits per heavy atom. The summed E-state index contributed by atoms with van der Waals surface area (Å²) in [7, 11) is 0. The van der Waals surface area contributed by atoms with E-state index < -0.39 is 4.92 Å². The number of rotatable bonds is 8. The van der Waals surface area contributed by atoms with Crippen molar-refractivity contribution in [3.63, 3.8) is 0 Å². The molecule has 0 spiro atoms. The van der Waals surface area contributed by atoms with Gasteiger partial charge in [0, 0.05) is 49.4 Å². The Bertz CT molecular complexity index is 975. The maximum atomic E-state index is 12.8. The van der Waals surface area contributed by atoms with Crippen LogP contribution in [0.25, 0.3) is 0 Å². The van der Waals surface area contributed by atoms with Gasteiger partial charge in [-0.1, -0.05) is 18.5 Å². The lowest BCUT2D eigenvalue weighted by Gasteiger charge is -2.34. The lowest BCUT2D eigenvalue weighted by molar-refractivity contribution is -0.385. The molecular formula is C22H25ClN4O5. The Kier molecular flexibility index (Phi) is 8.02. The first-order valence-corrected chi connectivity index (χ1v) is 10.8. The Morgan fingerprint density at radius 2 is 1.81 bits per heavy atom. The Hall–Kier alpha value is -3.17. The average Bonchev–Trinajstić information content (AvgIpc) is 2.79. The monoisotopic (exact) mass is 460 g/mol. The van der Waals surface area contributed by atoms with Crippen LogP contribution >= 0.6 is 11.6 Å². The molecule has 32 heavy (non-hydrogen) atoms. The number of carbonyl (C=O) groups excluding carboxylic acids is 2. The molecule has 170 valence electrons. The van der Waals surface area contributed by atoms with Gasteiger partial charge in [0.15, 0.2) is 0 Å². The third-order valence-electron chi connectivity index (χ3n) is 5.05. The summed E-state index contributed by atoms with van der Waals surface area (Å²) in [6.07, 6.45) is 0.897. The number of ether oxygens (including phenoxy) is 1. The number of hydrogen-bond donors (Lipinski definition) is 1. The molecule has 9 nitrogen and oxygen atoms in total. The van der Waals surface area contributed by atoms with Gasteiger partial charge in [0.1, 0.15) is 5.75 Å². The van der Waals surface area contributed by atoms with Gasteiger partial charge in [-0.05, 0) is 42.8 Å². The van der Waals surface area contributed by atoms with Crippen LogP contribution in [0.2, 0.25) is 5.02 Å². The van der Waals surface area contributed by atoms with Crippen molar-refractivity contribution in [2.45, 2.75) is 13.3 Å². The molecule has 2 aromatic carbocycles. The minimum Gasteiger partial charge on any atom is -0.450 e. The number of nitrogens with zero attached hydrogens (tertiary/aromatic N) is 3. The molecule has 0 aliphatic carbocycles. The number of piperazine rings is 1. The number of nitro groups is 1. The predicted molar refractivity (Wildman–Crippen MR) is 120 cm³/mol. The highest BCUT2D eigenvalue weighted by Gasteiger charge is 2.23. The number of hydrogen-bond acceptors (Lipinski definition) is 6. The van der Waals surface area contributed by atoms with E-state index in [0.717, 1.165) is 6.42 Å². The van der Waals surface area contributed by atoms with Crippen molar-refractivity contribution in [1.29, 1.82) is 0 Å². The quantitative estimate of drug-likeness (QED) is 0.478. The van der Waals surface area contributed by atoms with Crippen LogP contribution in [0.1, 0.15) is 23.7 Å². The lowest BCUT2D eigenvalue weighted by Crippen LogP contribution is -2.51. The highest BCUT2D eigenvalue weighted by atomic mass is 35.5. The number of carbonyl (C=O) groups is 2. The molecule has 0 saturated carbocycles. The van der Waals surface area contributed by atoms with E-state index in [4.69, 9.17) is 16.3 Å². The maximum absolute atomic E-state index is 12.8. The highest BCUT2D eigenvalue weighted by molar-refractivity contribution is 6.30. The highest BCUT2D eigenvalue weighted by Crippen LogP contribution is 2.33. The van der Waals surface area contributed by atoms with Gasteiger partial charge < -0.3 is 15.0 Å². The molecule has 0 radical (unpaired) electrons. The molecular weight excluding hydrogens is 436 g/mol. The summed E-state index contributed by atoms with van der Waals surface area (Å²) < 4.78 is 5.62. The molecule has 0 atom stereocenters. The van der Waals surface area contributed by atoms with Crippen molar-refractivity contribution in [3.05, 3.63) is 63.2 Å². The summed E-state index contributed by atoms with van der Waals surface area (Å²) in [5.74, 6) is 0.333. The summed E-state index contributed by atoms with van der Waals surface area (Å²) in [4.78, 5) is 39.1. The normalized spacial score (nSPS) is 14.1. The van der Waals surface area contributed by atoms with Gasteiger partial charge in [-0.25, -0.2) is 0 Å². The van der Waals surface area contributed by atoms with Crippen LogP contribution < -0.4 is 10.1 Å². The second-order valence-electron chi connectivity index (χ2n) is 7.41. The molecule has 0 aromatic heterocycles. The van der Waals surface area contributed by atoms with Crippen LogP contribution in [-0.2, 0) is 4.79 Å². The topological polar surface area (TPSA) is 105 Å². The third kappa shape index (κ3) is 6.18. The van der Waals surface area contributed by atoms with Crippen molar-refractivity contribution < 1.29 is 19.2 Å². The molecule has 2 aromatic rings. The number of amides is 2. The van der Waals surface area contributed by atoms with E-state index in [1.165, 1.54) is 18.2 Å². The van der Waals surface area contributed by atoms with Crippen molar-refractivity contribution in [2.24, 2.45) is 0 Å². The van der Waals surface area contributed by atoms with Crippen LogP contribution in [0.15, 0.2) is 42.5 Å². The number of halogens is 1. The van der Waals surface area contributed by atoms with Gasteiger partial charge in [0.25, 0.3) is 5.91 Å². The van der Waals surface area contributed by atoms with E-state index in [1.54, 1.807) is 29.2 Å². The fourth-order valence-electron chi connectivity index (χ4n) is 3.33. The SMILES string of the molecule is CCCNC(=O)CN1CCN(C(=O)c2ccc(Oc3ccc(Cl)cc3[N+](=O)[O-])cc2)CC1. The van der Waals surface area contributed by atoms with Crippen LogP contribution in [0.5, 0.6) is 11.5 Å². The van der Waals surface area contributed by atoms with E-state index in [-0.39, 0.29) is 28.3 Å². The summed E-state index contributed by atoms with van der Waals surface area (Å²) in [6, 6.07) is 10.6. The zero-order valence-corrected chi connectivity index (χ0v) is 18.5. The average molecular weight is 461 g/mol. The third-order valence-corrected chi connectivity index (χ3v) is 5.28. The standard InChI is InChI=1S/C22H25ClN4O5/c1-2-9-24-21(28)15-25-10-12-26(13-11-25)22(29)16-3-6-18(7-4-16)32-20-8-5-17(23)14-19(20)27(30)31/h3-8,14H,2,9-13,15H2,1H3,(H,24,28). The van der Waals surface area contributed by atoms with E-state index in [1.807, 2.05) is 11.8 Å². The molecule has 2 amide bonds. The van der Waals surface area contributed by atoms with Gasteiger partial charge in [0.05, 0.1) is 11.5 Å². The molecule has 10 heteroatoms. The number of nitro benzene ring substituents is 1. The van der Waals surface area contributed by atoms with Crippen molar-refractivity contribution in [2.75, 3.05) is 39.3 Å². The van der Waals surface area contributed by atoms with E-state index >= 15 is 0 Å². The first-order valence-electron chi connectivity index (χ1n) is 10.4. The molecule has 1 aliphatic rings. The first kappa shape index (κ1) is 23.5. The molecule has 0 unspecified atom stereocenters. The largest absolute Gasteiger partial charge is 0.450 e. The molecule has 3 rings (SSSR count). The van der Waals surface area contributed by atoms with E-state index in [9.17, 15) is 19.7 Å². The van der Waals surface area contributed by atoms with E-state index in [0.29, 0.717) is 50.6 Å². The second kappa shape index (κ2) is 10.9. The summed E-state index contributed by atoms with van der Waals surface area (Å²) in [6.45, 7) is 5.35. The minimum atomic E-state index is -0.563. The zero-order valence-electron chi connectivity index (χ0n) is 17.8. The van der Waals surface area contributed by atoms with Crippen LogP contribution in [0.4, 0.5) is 5.69 Å². The van der Waals surface area contributed by atoms with Gasteiger partial charge in [0.2, 0.25) is 11.7 Å². The molecule has 1 heterocycles. The predicted octanol–water partition coefficient (Wildman–Crippen LogP) is 3.32. The summed E-state index contributed by atoms with van der Waals surface area (Å²) >= 11 is 5.82. The van der Waals surface area contributed by atoms with Crippen molar-refractivity contribution in [1.82, 2.24) is 15.1 Å². The molecule has 1 N–H and O–H groups in total. The Morgan fingerprint density at radius 1 is 1.12 bits per heavy atom. The molecule has 1 fully saturated rings. The number of nitrogens with one attached hydrogen (secondary N) is 1. The van der Waals surface area contributed by atoms with Gasteiger partial charge in [-0.2, -0.15) is 0 Å². The summed E-state index contributed by atoms with van der Waals surface area (Å²) in [5, 5.41) is 14.3. The van der Waals surface area contributed by atoms with E-state index in [2.05, 4.69) is 5.32 Å². The van der Waals surface area contributed by atoms with Crippen molar-refractivity contribution in [3.8, 4) is 11.5 Å². The molecule has 1 saturated heterocycles. The van der Waals surface area contributed by atoms with Gasteiger partial charge >= 0.3 is 5.69 Å². The van der Waals surface area contributed by atoms with Gasteiger partial charge in [-0.3, -0.25) is 24.6 Å². The maximum Gasteiger partial charge on any atom is 0.313 e. The van der Waals surface area contributed by atoms with Gasteiger partial charge in [-0.15, -0.1) is 0 Å². The number of benzene rings is 2. The minimum absolute atomic E-state index is 0.00291. The second-order valence-corrected chi connectivity index (χ2v) is 7.85. The Balaban J connectivity index is 1.56. The Labute approximate surface area is 191 Å².